The van der Waals surface area contributed by atoms with Crippen LogP contribution in [0.15, 0.2) is 58.3 Å². The van der Waals surface area contributed by atoms with Crippen LogP contribution in [0.4, 0.5) is 10.7 Å². The minimum absolute atomic E-state index is 0.353. The molecule has 0 unspecified atom stereocenters. The van der Waals surface area contributed by atoms with Gasteiger partial charge in [0, 0.05) is 36.7 Å². The summed E-state index contributed by atoms with van der Waals surface area (Å²) in [7, 11) is 0. The van der Waals surface area contributed by atoms with Crippen LogP contribution < -0.4 is 10.2 Å². The predicted molar refractivity (Wildman–Crippen MR) is 131 cm³/mol. The molecule has 3 aromatic rings. The fraction of sp³-hybridized carbons (Fsp3) is 0.320. The van der Waals surface area contributed by atoms with Crippen LogP contribution >= 0.6 is 11.8 Å². The zero-order chi connectivity index (χ0) is 23.3. The number of pyridine rings is 1. The molecule has 2 saturated heterocycles. The fourth-order valence-corrected chi connectivity index (χ4v) is 4.97. The number of furan rings is 1. The van der Waals surface area contributed by atoms with Gasteiger partial charge in [-0.15, -0.1) is 0 Å². The highest BCUT2D eigenvalue weighted by molar-refractivity contribution is 8.18. The SMILES string of the molecule is O=C1NC(=O)/C(=C/c2ccnc(N3CCC(CCCc4ccc(-c5ccco5)cn4)CC3)n2)S1. The van der Waals surface area contributed by atoms with Crippen LogP contribution in [-0.2, 0) is 11.2 Å². The lowest BCUT2D eigenvalue weighted by molar-refractivity contribution is -0.115. The first-order chi connectivity index (χ1) is 16.6. The molecule has 5 rings (SSSR count). The van der Waals surface area contributed by atoms with E-state index in [0.717, 1.165) is 67.6 Å². The minimum Gasteiger partial charge on any atom is -0.464 e. The van der Waals surface area contributed by atoms with Gasteiger partial charge in [0.05, 0.1) is 16.9 Å². The van der Waals surface area contributed by atoms with Crippen molar-refractivity contribution in [3.05, 3.63) is 65.3 Å². The summed E-state index contributed by atoms with van der Waals surface area (Å²) in [6, 6.07) is 9.72. The Bertz CT molecular complexity index is 1190. The Balaban J connectivity index is 1.09. The molecule has 174 valence electrons. The molecule has 0 spiro atoms. The fourth-order valence-electron chi connectivity index (χ4n) is 4.30. The van der Waals surface area contributed by atoms with Crippen LogP contribution in [0, 0.1) is 5.92 Å². The van der Waals surface area contributed by atoms with Gasteiger partial charge in [0.1, 0.15) is 5.76 Å². The summed E-state index contributed by atoms with van der Waals surface area (Å²) in [6.45, 7) is 1.82. The molecule has 0 bridgehead atoms. The van der Waals surface area contributed by atoms with Crippen molar-refractivity contribution in [2.24, 2.45) is 5.92 Å². The minimum atomic E-state index is -0.375. The molecular formula is C25H25N5O3S. The Morgan fingerprint density at radius 1 is 1.15 bits per heavy atom. The van der Waals surface area contributed by atoms with Crippen molar-refractivity contribution in [1.29, 1.82) is 0 Å². The summed E-state index contributed by atoms with van der Waals surface area (Å²) in [5.41, 5.74) is 2.75. The molecule has 0 radical (unpaired) electrons. The molecular weight excluding hydrogens is 450 g/mol. The molecule has 0 aliphatic carbocycles. The number of hydrogen-bond acceptors (Lipinski definition) is 8. The average molecular weight is 476 g/mol. The molecule has 5 heterocycles. The Hall–Kier alpha value is -3.46. The number of piperidine rings is 1. The van der Waals surface area contributed by atoms with E-state index in [0.29, 0.717) is 22.5 Å². The smallest absolute Gasteiger partial charge is 0.290 e. The molecule has 2 aliphatic heterocycles. The van der Waals surface area contributed by atoms with E-state index in [1.807, 2.05) is 18.3 Å². The maximum atomic E-state index is 11.8. The normalized spacial score (nSPS) is 18.0. The third-order valence-electron chi connectivity index (χ3n) is 6.16. The van der Waals surface area contributed by atoms with E-state index >= 15 is 0 Å². The van der Waals surface area contributed by atoms with E-state index in [1.54, 1.807) is 24.6 Å². The Labute approximate surface area is 201 Å². The lowest BCUT2D eigenvalue weighted by Gasteiger charge is -2.32. The van der Waals surface area contributed by atoms with E-state index in [9.17, 15) is 9.59 Å². The van der Waals surface area contributed by atoms with Gasteiger partial charge in [0.25, 0.3) is 11.1 Å². The van der Waals surface area contributed by atoms with E-state index in [1.165, 1.54) is 6.42 Å². The number of hydrogen-bond donors (Lipinski definition) is 1. The standard InChI is InChI=1S/C25H25N5O3S/c31-23-22(34-25(32)29-23)15-20-8-11-26-24(28-20)30-12-9-17(10-13-30)3-1-4-19-7-6-18(16-27-19)21-5-2-14-33-21/h2,5-8,11,14-17H,1,3-4,9-10,12-13H2,(H,29,31,32)/b22-15-. The number of nitrogens with one attached hydrogen (secondary N) is 1. The van der Waals surface area contributed by atoms with Crippen molar-refractivity contribution in [1.82, 2.24) is 20.3 Å². The van der Waals surface area contributed by atoms with Gasteiger partial charge in [-0.25, -0.2) is 9.97 Å². The molecule has 0 saturated carbocycles. The van der Waals surface area contributed by atoms with Crippen molar-refractivity contribution < 1.29 is 14.0 Å². The number of rotatable bonds is 7. The molecule has 3 aromatic heterocycles. The second-order valence-electron chi connectivity index (χ2n) is 8.47. The van der Waals surface area contributed by atoms with E-state index in [4.69, 9.17) is 4.42 Å². The maximum Gasteiger partial charge on any atom is 0.290 e. The molecule has 2 aliphatic rings. The number of nitrogens with zero attached hydrogens (tertiary/aromatic N) is 4. The van der Waals surface area contributed by atoms with Crippen molar-refractivity contribution in [2.75, 3.05) is 18.0 Å². The maximum absolute atomic E-state index is 11.8. The summed E-state index contributed by atoms with van der Waals surface area (Å²) in [4.78, 5) is 39.3. The lowest BCUT2D eigenvalue weighted by atomic mass is 9.91. The molecule has 2 fully saturated rings. The summed E-state index contributed by atoms with van der Waals surface area (Å²) < 4.78 is 5.42. The molecule has 34 heavy (non-hydrogen) atoms. The highest BCUT2D eigenvalue weighted by atomic mass is 32.2. The van der Waals surface area contributed by atoms with Crippen LogP contribution in [0.25, 0.3) is 17.4 Å². The van der Waals surface area contributed by atoms with Crippen LogP contribution in [0.1, 0.15) is 37.1 Å². The van der Waals surface area contributed by atoms with Crippen LogP contribution in [0.2, 0.25) is 0 Å². The summed E-state index contributed by atoms with van der Waals surface area (Å²) >= 11 is 0.895. The van der Waals surface area contributed by atoms with Gasteiger partial charge >= 0.3 is 0 Å². The van der Waals surface area contributed by atoms with E-state index < -0.39 is 0 Å². The number of carbonyl (C=O) groups is 2. The van der Waals surface area contributed by atoms with Gasteiger partial charge in [-0.1, -0.05) is 0 Å². The molecule has 8 nitrogen and oxygen atoms in total. The van der Waals surface area contributed by atoms with Gasteiger partial charge in [0.2, 0.25) is 5.95 Å². The molecule has 1 N–H and O–H groups in total. The van der Waals surface area contributed by atoms with Crippen molar-refractivity contribution >= 4 is 34.9 Å². The first kappa shape index (κ1) is 22.3. The lowest BCUT2D eigenvalue weighted by Crippen LogP contribution is -2.35. The first-order valence-corrected chi connectivity index (χ1v) is 12.3. The molecule has 0 atom stereocenters. The van der Waals surface area contributed by atoms with Crippen LogP contribution in [-0.4, -0.2) is 39.2 Å². The zero-order valence-electron chi connectivity index (χ0n) is 18.6. The highest BCUT2D eigenvalue weighted by Crippen LogP contribution is 2.27. The van der Waals surface area contributed by atoms with Crippen LogP contribution in [0.3, 0.4) is 0 Å². The topological polar surface area (TPSA) is 101 Å². The average Bonchev–Trinajstić information content (AvgIpc) is 3.50. The van der Waals surface area contributed by atoms with Crippen molar-refractivity contribution in [3.63, 3.8) is 0 Å². The Kier molecular flexibility index (Phi) is 6.71. The molecule has 0 aromatic carbocycles. The third kappa shape index (κ3) is 5.36. The summed E-state index contributed by atoms with van der Waals surface area (Å²) in [6.07, 6.45) is 12.4. The number of amides is 2. The van der Waals surface area contributed by atoms with Gasteiger partial charge in [-0.2, -0.15) is 0 Å². The number of carbonyl (C=O) groups excluding carboxylic acids is 2. The van der Waals surface area contributed by atoms with Gasteiger partial charge < -0.3 is 9.32 Å². The highest BCUT2D eigenvalue weighted by Gasteiger charge is 2.25. The summed E-state index contributed by atoms with van der Waals surface area (Å²) in [5, 5.41) is 1.91. The predicted octanol–water partition coefficient (Wildman–Crippen LogP) is 4.69. The number of thioether (sulfide) groups is 1. The van der Waals surface area contributed by atoms with Crippen molar-refractivity contribution in [3.8, 4) is 11.3 Å². The molecule has 9 heteroatoms. The second-order valence-corrected chi connectivity index (χ2v) is 9.49. The molecule has 2 amide bonds. The number of anilines is 1. The monoisotopic (exact) mass is 475 g/mol. The Morgan fingerprint density at radius 2 is 2.03 bits per heavy atom. The summed E-state index contributed by atoms with van der Waals surface area (Å²) in [5.74, 6) is 1.83. The number of imide groups is 1. The van der Waals surface area contributed by atoms with E-state index in [2.05, 4.69) is 37.3 Å². The third-order valence-corrected chi connectivity index (χ3v) is 6.97. The van der Waals surface area contributed by atoms with E-state index in [-0.39, 0.29) is 11.1 Å². The first-order valence-electron chi connectivity index (χ1n) is 11.5. The Morgan fingerprint density at radius 3 is 2.74 bits per heavy atom. The van der Waals surface area contributed by atoms with Crippen molar-refractivity contribution in [2.45, 2.75) is 32.1 Å². The quantitative estimate of drug-likeness (QED) is 0.491. The van der Waals surface area contributed by atoms with Gasteiger partial charge in [-0.3, -0.25) is 19.9 Å². The number of aryl methyl sites for hydroxylation is 1. The van der Waals surface area contributed by atoms with Crippen LogP contribution in [0.5, 0.6) is 0 Å². The number of aromatic nitrogens is 3. The zero-order valence-corrected chi connectivity index (χ0v) is 19.5. The second kappa shape index (κ2) is 10.2. The van der Waals surface area contributed by atoms with Gasteiger partial charge in [0.15, 0.2) is 0 Å². The van der Waals surface area contributed by atoms with Gasteiger partial charge in [-0.05, 0) is 86.2 Å². The largest absolute Gasteiger partial charge is 0.464 e.